The van der Waals surface area contributed by atoms with Gasteiger partial charge in [-0.1, -0.05) is 6.07 Å². The molecular weight excluding hydrogens is 496 g/mol. The summed E-state index contributed by atoms with van der Waals surface area (Å²) in [5, 5.41) is 11.9. The zero-order valence-electron chi connectivity index (χ0n) is 20.3. The van der Waals surface area contributed by atoms with E-state index in [1.165, 1.54) is 17.3 Å². The number of aryl methyl sites for hydroxylation is 1. The fourth-order valence-electron chi connectivity index (χ4n) is 4.95. The minimum atomic E-state index is -0.224. The van der Waals surface area contributed by atoms with Crippen LogP contribution in [0.15, 0.2) is 47.4 Å². The van der Waals surface area contributed by atoms with Gasteiger partial charge in [0.15, 0.2) is 11.4 Å². The number of hydrogen-bond acceptors (Lipinski definition) is 9. The molecule has 0 saturated heterocycles. The van der Waals surface area contributed by atoms with Crippen molar-refractivity contribution in [2.75, 3.05) is 26.9 Å². The lowest BCUT2D eigenvalue weighted by atomic mass is 9.82. The molecular formula is C26H27ClN6O4. The van der Waals surface area contributed by atoms with Crippen LogP contribution in [-0.2, 0) is 13.0 Å². The maximum absolute atomic E-state index is 12.8. The van der Waals surface area contributed by atoms with Crippen molar-refractivity contribution >= 4 is 23.6 Å². The van der Waals surface area contributed by atoms with E-state index in [2.05, 4.69) is 37.6 Å². The smallest absolute Gasteiger partial charge is 0.276 e. The summed E-state index contributed by atoms with van der Waals surface area (Å²) in [6.07, 6.45) is 4.50. The van der Waals surface area contributed by atoms with E-state index in [1.54, 1.807) is 17.7 Å². The summed E-state index contributed by atoms with van der Waals surface area (Å²) < 4.78 is 17.9. The Kier molecular flexibility index (Phi) is 7.20. The minimum absolute atomic E-state index is 0. The van der Waals surface area contributed by atoms with Crippen molar-refractivity contribution < 1.29 is 14.2 Å². The Morgan fingerprint density at radius 3 is 2.92 bits per heavy atom. The third kappa shape index (κ3) is 4.94. The number of rotatable bonds is 6. The second-order valence-electron chi connectivity index (χ2n) is 8.93. The molecule has 0 amide bonds. The molecule has 0 fully saturated rings. The summed E-state index contributed by atoms with van der Waals surface area (Å²) in [6, 6.07) is 11.7. The second kappa shape index (κ2) is 10.7. The fraction of sp³-hybridized carbons (Fsp3) is 0.346. The Morgan fingerprint density at radius 1 is 1.14 bits per heavy atom. The number of aromatic nitrogens is 5. The summed E-state index contributed by atoms with van der Waals surface area (Å²) in [6.45, 7) is 2.44. The first kappa shape index (κ1) is 24.9. The van der Waals surface area contributed by atoms with Gasteiger partial charge < -0.3 is 19.5 Å². The number of pyridine rings is 1. The summed E-state index contributed by atoms with van der Waals surface area (Å²) in [5.41, 5.74) is 5.06. The van der Waals surface area contributed by atoms with Crippen LogP contribution in [0.25, 0.3) is 16.9 Å². The number of nitrogens with one attached hydrogen (secondary N) is 1. The Hall–Kier alpha value is -3.76. The molecule has 10 nitrogen and oxygen atoms in total. The maximum atomic E-state index is 12.8. The first-order valence-corrected chi connectivity index (χ1v) is 12.1. The molecule has 1 aliphatic heterocycles. The van der Waals surface area contributed by atoms with Crippen LogP contribution in [0.3, 0.4) is 0 Å². The topological polar surface area (TPSA) is 113 Å². The third-order valence-electron chi connectivity index (χ3n) is 6.66. The van der Waals surface area contributed by atoms with Gasteiger partial charge in [0.1, 0.15) is 18.7 Å². The lowest BCUT2D eigenvalue weighted by Gasteiger charge is -2.26. The van der Waals surface area contributed by atoms with E-state index in [0.29, 0.717) is 54.3 Å². The average Bonchev–Trinajstić information content (AvgIpc) is 2.92. The molecule has 1 N–H and O–H groups in total. The lowest BCUT2D eigenvalue weighted by Crippen LogP contribution is -2.25. The highest BCUT2D eigenvalue weighted by molar-refractivity contribution is 5.85. The van der Waals surface area contributed by atoms with E-state index in [1.807, 2.05) is 18.2 Å². The van der Waals surface area contributed by atoms with Crippen LogP contribution >= 0.6 is 12.4 Å². The second-order valence-corrected chi connectivity index (χ2v) is 8.93. The molecule has 0 bridgehead atoms. The predicted octanol–water partition coefficient (Wildman–Crippen LogP) is 2.98. The van der Waals surface area contributed by atoms with Crippen molar-refractivity contribution in [1.29, 1.82) is 0 Å². The van der Waals surface area contributed by atoms with Gasteiger partial charge in [0.2, 0.25) is 5.88 Å². The average molecular weight is 523 g/mol. The zero-order chi connectivity index (χ0) is 24.5. The SMILES string of the molecule is COc1ccc2ncc(=O)n(-c3ccc4c(c3)CCCC4CNCc3cc4c(nn3)OCCO4)c2n1.Cl. The van der Waals surface area contributed by atoms with Gasteiger partial charge in [-0.2, -0.15) is 10.1 Å². The molecule has 1 aliphatic carbocycles. The van der Waals surface area contributed by atoms with E-state index >= 15 is 0 Å². The molecule has 4 aromatic rings. The number of nitrogens with zero attached hydrogens (tertiary/aromatic N) is 5. The molecule has 0 saturated carbocycles. The molecule has 4 heterocycles. The number of halogens is 1. The predicted molar refractivity (Wildman–Crippen MR) is 139 cm³/mol. The van der Waals surface area contributed by atoms with Crippen LogP contribution in [0.5, 0.6) is 17.5 Å². The highest BCUT2D eigenvalue weighted by atomic mass is 35.5. The van der Waals surface area contributed by atoms with Crippen LogP contribution in [0, 0.1) is 0 Å². The van der Waals surface area contributed by atoms with E-state index in [-0.39, 0.29) is 18.0 Å². The monoisotopic (exact) mass is 522 g/mol. The molecule has 0 radical (unpaired) electrons. The number of hydrogen-bond donors (Lipinski definition) is 1. The number of ether oxygens (including phenoxy) is 3. The van der Waals surface area contributed by atoms with Crippen molar-refractivity contribution in [2.45, 2.75) is 31.7 Å². The third-order valence-corrected chi connectivity index (χ3v) is 6.66. The summed E-state index contributed by atoms with van der Waals surface area (Å²) in [5.74, 6) is 1.92. The fourth-order valence-corrected chi connectivity index (χ4v) is 4.95. The Morgan fingerprint density at radius 2 is 2.03 bits per heavy atom. The van der Waals surface area contributed by atoms with E-state index in [9.17, 15) is 4.79 Å². The standard InChI is InChI=1S/C26H26N6O4.ClH/c1-34-23-8-7-21-25(29-23)32(24(33)15-28-21)19-5-6-20-16(11-19)3-2-4-17(20)13-27-14-18-12-22-26(31-30-18)36-10-9-35-22;/h5-8,11-12,15,17,27H,2-4,9-10,13-14H2,1H3;1H. The minimum Gasteiger partial charge on any atom is -0.484 e. The first-order chi connectivity index (χ1) is 17.7. The highest BCUT2D eigenvalue weighted by Gasteiger charge is 2.22. The van der Waals surface area contributed by atoms with Crippen molar-refractivity contribution in [3.8, 4) is 23.2 Å². The van der Waals surface area contributed by atoms with Crippen molar-refractivity contribution in [2.24, 2.45) is 0 Å². The van der Waals surface area contributed by atoms with Gasteiger partial charge in [-0.25, -0.2) is 4.98 Å². The van der Waals surface area contributed by atoms with Crippen molar-refractivity contribution in [3.63, 3.8) is 0 Å². The Balaban J connectivity index is 0.00000280. The molecule has 3 aromatic heterocycles. The molecule has 2 aliphatic rings. The van der Waals surface area contributed by atoms with Crippen molar-refractivity contribution in [1.82, 2.24) is 30.0 Å². The highest BCUT2D eigenvalue weighted by Crippen LogP contribution is 2.33. The van der Waals surface area contributed by atoms with E-state index in [4.69, 9.17) is 14.2 Å². The number of fused-ring (bicyclic) bond motifs is 3. The quantitative estimate of drug-likeness (QED) is 0.408. The maximum Gasteiger partial charge on any atom is 0.276 e. The van der Waals surface area contributed by atoms with E-state index in [0.717, 1.165) is 37.2 Å². The van der Waals surface area contributed by atoms with E-state index < -0.39 is 0 Å². The van der Waals surface area contributed by atoms with Crippen LogP contribution in [0.2, 0.25) is 0 Å². The Bertz CT molecular complexity index is 1490. The lowest BCUT2D eigenvalue weighted by molar-refractivity contribution is 0.162. The molecule has 1 aromatic carbocycles. The molecule has 192 valence electrons. The molecule has 37 heavy (non-hydrogen) atoms. The molecule has 0 spiro atoms. The molecule has 11 heteroatoms. The number of benzene rings is 1. The van der Waals surface area contributed by atoms with Crippen LogP contribution < -0.4 is 25.1 Å². The zero-order valence-corrected chi connectivity index (χ0v) is 21.2. The van der Waals surface area contributed by atoms with Gasteiger partial charge in [0.05, 0.1) is 24.7 Å². The first-order valence-electron chi connectivity index (χ1n) is 12.1. The Labute approximate surface area is 219 Å². The molecule has 1 atom stereocenters. The summed E-state index contributed by atoms with van der Waals surface area (Å²) >= 11 is 0. The van der Waals surface area contributed by atoms with Gasteiger partial charge >= 0.3 is 0 Å². The summed E-state index contributed by atoms with van der Waals surface area (Å²) in [4.78, 5) is 21.5. The van der Waals surface area contributed by atoms with Crippen molar-refractivity contribution in [3.05, 3.63) is 69.8 Å². The van der Waals surface area contributed by atoms with Crippen LogP contribution in [0.4, 0.5) is 0 Å². The van der Waals surface area contributed by atoms with Gasteiger partial charge in [-0.05, 0) is 54.5 Å². The molecule has 1 unspecified atom stereocenters. The van der Waals surface area contributed by atoms with Gasteiger partial charge in [-0.3, -0.25) is 9.36 Å². The largest absolute Gasteiger partial charge is 0.484 e. The van der Waals surface area contributed by atoms with Crippen LogP contribution in [-0.4, -0.2) is 51.6 Å². The number of methoxy groups -OCH3 is 1. The van der Waals surface area contributed by atoms with Gasteiger partial charge in [-0.15, -0.1) is 17.5 Å². The van der Waals surface area contributed by atoms with Gasteiger partial charge in [0, 0.05) is 25.2 Å². The van der Waals surface area contributed by atoms with Crippen LogP contribution in [0.1, 0.15) is 35.6 Å². The van der Waals surface area contributed by atoms with Gasteiger partial charge in [0.25, 0.3) is 11.4 Å². The normalized spacial score (nSPS) is 16.1. The molecule has 6 rings (SSSR count). The summed E-state index contributed by atoms with van der Waals surface area (Å²) in [7, 11) is 1.56.